The third-order valence-corrected chi connectivity index (χ3v) is 7.26. The van der Waals surface area contributed by atoms with E-state index in [2.05, 4.69) is 13.8 Å². The molecule has 0 aromatic heterocycles. The van der Waals surface area contributed by atoms with E-state index >= 15 is 0 Å². The van der Waals surface area contributed by atoms with Crippen LogP contribution in [0.3, 0.4) is 0 Å². The molecule has 3 aliphatic carbocycles. The summed E-state index contributed by atoms with van der Waals surface area (Å²) in [6.07, 6.45) is 9.20. The van der Waals surface area contributed by atoms with Crippen LogP contribution >= 0.6 is 0 Å². The van der Waals surface area contributed by atoms with E-state index in [1.807, 2.05) is 0 Å². The molecule has 0 aromatic carbocycles. The van der Waals surface area contributed by atoms with Crippen molar-refractivity contribution in [3.05, 3.63) is 0 Å². The molecule has 0 aliphatic heterocycles. The first kappa shape index (κ1) is 18.6. The third-order valence-electron chi connectivity index (χ3n) is 7.26. The smallest absolute Gasteiger partial charge is 0.317 e. The molecule has 3 fully saturated rings. The van der Waals surface area contributed by atoms with E-state index in [0.29, 0.717) is 24.7 Å². The van der Waals surface area contributed by atoms with Crippen LogP contribution in [0.2, 0.25) is 0 Å². The van der Waals surface area contributed by atoms with E-state index in [4.69, 9.17) is 4.74 Å². The SMILES string of the molecule is CC1CCC(OC(F)(F)C2CCC(C3CCC(C)CC3)CC2)CC1.[HH].[HH].[HH]. The summed E-state index contributed by atoms with van der Waals surface area (Å²) < 4.78 is 34.5. The van der Waals surface area contributed by atoms with Gasteiger partial charge in [-0.1, -0.05) is 26.7 Å². The van der Waals surface area contributed by atoms with Gasteiger partial charge in [-0.25, -0.2) is 0 Å². The predicted octanol–water partition coefficient (Wildman–Crippen LogP) is 7.55. The number of hydrogen-bond donors (Lipinski definition) is 0. The Balaban J connectivity index is 0.00000225. The Morgan fingerprint density at radius 2 is 1.08 bits per heavy atom. The highest BCUT2D eigenvalue weighted by Crippen LogP contribution is 2.46. The van der Waals surface area contributed by atoms with Gasteiger partial charge in [0.05, 0.1) is 12.0 Å². The second-order valence-corrected chi connectivity index (χ2v) is 9.19. The van der Waals surface area contributed by atoms with Crippen molar-refractivity contribution in [2.24, 2.45) is 29.6 Å². The van der Waals surface area contributed by atoms with Crippen molar-refractivity contribution < 1.29 is 17.8 Å². The van der Waals surface area contributed by atoms with Gasteiger partial charge in [-0.3, -0.25) is 0 Å². The molecule has 0 unspecified atom stereocenters. The molecule has 0 radical (unpaired) electrons. The number of rotatable bonds is 4. The van der Waals surface area contributed by atoms with Gasteiger partial charge >= 0.3 is 6.11 Å². The molecule has 0 bridgehead atoms. The van der Waals surface area contributed by atoms with Crippen LogP contribution in [0.15, 0.2) is 0 Å². The summed E-state index contributed by atoms with van der Waals surface area (Å²) in [6, 6.07) is 0. The zero-order valence-corrected chi connectivity index (χ0v) is 15.6. The van der Waals surface area contributed by atoms with Gasteiger partial charge in [0.15, 0.2) is 0 Å². The van der Waals surface area contributed by atoms with E-state index in [9.17, 15) is 8.78 Å². The Morgan fingerprint density at radius 1 is 0.667 bits per heavy atom. The lowest BCUT2D eigenvalue weighted by atomic mass is 9.69. The fraction of sp³-hybridized carbons (Fsp3) is 1.00. The van der Waals surface area contributed by atoms with Crippen molar-refractivity contribution >= 4 is 0 Å². The highest BCUT2D eigenvalue weighted by molar-refractivity contribution is 4.84. The molecule has 3 heteroatoms. The summed E-state index contributed by atoms with van der Waals surface area (Å²) in [7, 11) is 0. The fourth-order valence-electron chi connectivity index (χ4n) is 5.35. The maximum absolute atomic E-state index is 14.6. The number of alkyl halides is 2. The van der Waals surface area contributed by atoms with Crippen LogP contribution in [0, 0.1) is 29.6 Å². The monoisotopic (exact) mass is 348 g/mol. The molecule has 0 spiro atoms. The topological polar surface area (TPSA) is 9.23 Å². The maximum atomic E-state index is 14.6. The first-order valence-electron chi connectivity index (χ1n) is 10.5. The lowest BCUT2D eigenvalue weighted by molar-refractivity contribution is -0.302. The average Bonchev–Trinajstić information content (AvgIpc) is 2.58. The molecular formula is C21H42F2O. The Morgan fingerprint density at radius 3 is 1.58 bits per heavy atom. The highest BCUT2D eigenvalue weighted by Gasteiger charge is 2.45. The zero-order valence-electron chi connectivity index (χ0n) is 15.6. The molecule has 0 atom stereocenters. The van der Waals surface area contributed by atoms with Crippen LogP contribution in [-0.2, 0) is 4.74 Å². The van der Waals surface area contributed by atoms with E-state index in [0.717, 1.165) is 50.4 Å². The summed E-state index contributed by atoms with van der Waals surface area (Å²) in [4.78, 5) is 0. The van der Waals surface area contributed by atoms with Gasteiger partial charge in [0.1, 0.15) is 0 Å². The van der Waals surface area contributed by atoms with Crippen molar-refractivity contribution in [3.8, 4) is 0 Å². The second kappa shape index (κ2) is 8.01. The minimum absolute atomic E-state index is 0. The summed E-state index contributed by atoms with van der Waals surface area (Å²) in [5, 5.41) is 0. The van der Waals surface area contributed by atoms with Gasteiger partial charge in [0.25, 0.3) is 0 Å². The standard InChI is InChI=1S/C21H36F2O.3H2/c1-15-3-7-17(8-4-15)18-9-11-19(12-10-18)21(22,23)24-20-13-5-16(2)6-14-20;;;/h15-20H,3-14H2,1-2H3;3*1H. The molecule has 3 rings (SSSR count). The molecule has 3 saturated carbocycles. The van der Waals surface area contributed by atoms with Gasteiger partial charge in [-0.05, 0) is 87.9 Å². The molecular weight excluding hydrogens is 306 g/mol. The zero-order chi connectivity index (χ0) is 17.2. The molecule has 3 aliphatic rings. The van der Waals surface area contributed by atoms with Crippen LogP contribution in [-0.4, -0.2) is 12.2 Å². The normalized spacial score (nSPS) is 42.0. The second-order valence-electron chi connectivity index (χ2n) is 9.19. The van der Waals surface area contributed by atoms with Gasteiger partial charge in [-0.2, -0.15) is 8.78 Å². The Labute approximate surface area is 151 Å². The minimum Gasteiger partial charge on any atom is -0.317 e. The summed E-state index contributed by atoms with van der Waals surface area (Å²) >= 11 is 0. The minimum atomic E-state index is -2.91. The number of ether oxygens (including phenoxy) is 1. The molecule has 0 N–H and O–H groups in total. The Kier molecular flexibility index (Phi) is 6.21. The van der Waals surface area contributed by atoms with Crippen molar-refractivity contribution in [1.29, 1.82) is 0 Å². The third kappa shape index (κ3) is 4.71. The lowest BCUT2D eigenvalue weighted by Crippen LogP contribution is -2.39. The fourth-order valence-corrected chi connectivity index (χ4v) is 5.35. The van der Waals surface area contributed by atoms with Crippen LogP contribution < -0.4 is 0 Å². The largest absolute Gasteiger partial charge is 0.358 e. The van der Waals surface area contributed by atoms with E-state index in [1.165, 1.54) is 25.7 Å². The molecule has 0 aromatic rings. The van der Waals surface area contributed by atoms with Crippen LogP contribution in [0.4, 0.5) is 8.78 Å². The van der Waals surface area contributed by atoms with Crippen molar-refractivity contribution in [2.45, 2.75) is 103 Å². The van der Waals surface area contributed by atoms with Crippen molar-refractivity contribution in [1.82, 2.24) is 0 Å². The number of hydrogen-bond acceptors (Lipinski definition) is 1. The predicted molar refractivity (Wildman–Crippen MR) is 100 cm³/mol. The average molecular weight is 349 g/mol. The number of halogens is 2. The summed E-state index contributed by atoms with van der Waals surface area (Å²) in [6.45, 7) is 4.55. The molecule has 24 heavy (non-hydrogen) atoms. The molecule has 1 nitrogen and oxygen atoms in total. The Bertz CT molecular complexity index is 387. The highest BCUT2D eigenvalue weighted by atomic mass is 19.3. The summed E-state index contributed by atoms with van der Waals surface area (Å²) in [5.41, 5.74) is 0. The van der Waals surface area contributed by atoms with Gasteiger partial charge < -0.3 is 4.74 Å². The van der Waals surface area contributed by atoms with E-state index < -0.39 is 12.0 Å². The van der Waals surface area contributed by atoms with Crippen molar-refractivity contribution in [2.75, 3.05) is 0 Å². The molecule has 0 saturated heterocycles. The van der Waals surface area contributed by atoms with Gasteiger partial charge in [0.2, 0.25) is 0 Å². The van der Waals surface area contributed by atoms with Gasteiger partial charge in [0, 0.05) is 4.28 Å². The first-order valence-corrected chi connectivity index (χ1v) is 10.5. The quantitative estimate of drug-likeness (QED) is 0.509. The van der Waals surface area contributed by atoms with Crippen molar-refractivity contribution in [3.63, 3.8) is 0 Å². The first-order chi connectivity index (χ1) is 11.4. The molecule has 0 amide bonds. The van der Waals surface area contributed by atoms with E-state index in [1.54, 1.807) is 0 Å². The van der Waals surface area contributed by atoms with Crippen LogP contribution in [0.1, 0.15) is 95.2 Å². The van der Waals surface area contributed by atoms with Gasteiger partial charge in [-0.15, -0.1) is 0 Å². The van der Waals surface area contributed by atoms with Crippen LogP contribution in [0.25, 0.3) is 0 Å². The molecule has 146 valence electrons. The molecule has 0 heterocycles. The van der Waals surface area contributed by atoms with E-state index in [-0.39, 0.29) is 10.4 Å². The van der Waals surface area contributed by atoms with Crippen LogP contribution in [0.5, 0.6) is 0 Å². The Hall–Kier alpha value is -0.180. The summed E-state index contributed by atoms with van der Waals surface area (Å²) in [5.74, 6) is 2.49. The maximum Gasteiger partial charge on any atom is 0.358 e. The lowest BCUT2D eigenvalue weighted by Gasteiger charge is -2.40.